The van der Waals surface area contributed by atoms with E-state index in [1.807, 2.05) is 30.3 Å². The first kappa shape index (κ1) is 15.5. The lowest BCUT2D eigenvalue weighted by Gasteiger charge is -2.13. The molecule has 0 fully saturated rings. The number of thiocarbonyl (C=S) groups is 1. The van der Waals surface area contributed by atoms with Gasteiger partial charge in [0.1, 0.15) is 0 Å². The molecule has 4 nitrogen and oxygen atoms in total. The molecule has 0 amide bonds. The summed E-state index contributed by atoms with van der Waals surface area (Å²) in [6, 6.07) is 14.6. The van der Waals surface area contributed by atoms with Crippen LogP contribution in [0, 0.1) is 0 Å². The second-order valence-electron chi connectivity index (χ2n) is 4.12. The molecule has 2 rings (SSSR count). The molecule has 2 aromatic rings. The van der Waals surface area contributed by atoms with Gasteiger partial charge in [-0.05, 0) is 48.6 Å². The molecular weight excluding hydrogens is 352 g/mol. The highest BCUT2D eigenvalue weighted by Crippen LogP contribution is 2.18. The zero-order valence-corrected chi connectivity index (χ0v) is 13.6. The van der Waals surface area contributed by atoms with Crippen molar-refractivity contribution in [3.05, 3.63) is 58.6 Å². The minimum Gasteiger partial charge on any atom is -0.465 e. The van der Waals surface area contributed by atoms with Gasteiger partial charge >= 0.3 is 5.97 Å². The predicted molar refractivity (Wildman–Crippen MR) is 91.8 cm³/mol. The van der Waals surface area contributed by atoms with Crippen LogP contribution in [0.25, 0.3) is 0 Å². The molecular formula is C15H13BrN2O2S. The number of esters is 1. The molecule has 0 saturated carbocycles. The van der Waals surface area contributed by atoms with E-state index >= 15 is 0 Å². The smallest absolute Gasteiger partial charge is 0.339 e. The number of carbonyl (C=O) groups is 1. The van der Waals surface area contributed by atoms with Crippen molar-refractivity contribution in [1.29, 1.82) is 0 Å². The molecule has 0 aliphatic rings. The van der Waals surface area contributed by atoms with Gasteiger partial charge in [-0.2, -0.15) is 0 Å². The maximum absolute atomic E-state index is 11.7. The van der Waals surface area contributed by atoms with Crippen LogP contribution in [-0.4, -0.2) is 18.2 Å². The van der Waals surface area contributed by atoms with Gasteiger partial charge < -0.3 is 15.4 Å². The van der Waals surface area contributed by atoms with E-state index < -0.39 is 5.97 Å². The lowest BCUT2D eigenvalue weighted by molar-refractivity contribution is 0.0602. The zero-order valence-electron chi connectivity index (χ0n) is 11.2. The minimum absolute atomic E-state index is 0.397. The highest BCUT2D eigenvalue weighted by atomic mass is 79.9. The Morgan fingerprint density at radius 3 is 2.43 bits per heavy atom. The van der Waals surface area contributed by atoms with E-state index in [0.29, 0.717) is 16.4 Å². The van der Waals surface area contributed by atoms with E-state index in [1.54, 1.807) is 18.2 Å². The largest absolute Gasteiger partial charge is 0.465 e. The molecule has 2 N–H and O–H groups in total. The summed E-state index contributed by atoms with van der Waals surface area (Å²) in [7, 11) is 1.34. The summed E-state index contributed by atoms with van der Waals surface area (Å²) in [6.07, 6.45) is 0. The number of hydrogen-bond donors (Lipinski definition) is 2. The topological polar surface area (TPSA) is 50.4 Å². The molecule has 0 bridgehead atoms. The average molecular weight is 365 g/mol. The molecule has 6 heteroatoms. The maximum atomic E-state index is 11.7. The molecule has 0 saturated heterocycles. The normalized spacial score (nSPS) is 9.81. The second kappa shape index (κ2) is 7.19. The summed E-state index contributed by atoms with van der Waals surface area (Å²) >= 11 is 8.62. The second-order valence-corrected chi connectivity index (χ2v) is 5.45. The van der Waals surface area contributed by atoms with Crippen LogP contribution >= 0.6 is 28.1 Å². The van der Waals surface area contributed by atoms with Gasteiger partial charge in [-0.1, -0.05) is 28.1 Å². The zero-order chi connectivity index (χ0) is 15.2. The summed E-state index contributed by atoms with van der Waals surface area (Å²) in [5, 5.41) is 6.44. The summed E-state index contributed by atoms with van der Waals surface area (Å²) in [5.74, 6) is -0.412. The van der Waals surface area contributed by atoms with Crippen LogP contribution < -0.4 is 10.6 Å². The highest BCUT2D eigenvalue weighted by molar-refractivity contribution is 9.10. The molecule has 108 valence electrons. The lowest BCUT2D eigenvalue weighted by Crippen LogP contribution is -2.20. The third-order valence-electron chi connectivity index (χ3n) is 2.68. The number of nitrogens with one attached hydrogen (secondary N) is 2. The number of hydrogen-bond acceptors (Lipinski definition) is 3. The minimum atomic E-state index is -0.412. The standard InChI is InChI=1S/C15H13BrN2O2S/c1-20-14(19)12-4-2-3-5-13(12)18-15(21)17-11-8-6-10(16)7-9-11/h2-9H,1H3,(H2,17,18,21). The van der Waals surface area contributed by atoms with Crippen molar-refractivity contribution in [3.8, 4) is 0 Å². The van der Waals surface area contributed by atoms with Crippen LogP contribution in [0.4, 0.5) is 11.4 Å². The van der Waals surface area contributed by atoms with Crippen molar-refractivity contribution in [3.63, 3.8) is 0 Å². The quantitative estimate of drug-likeness (QED) is 0.635. The van der Waals surface area contributed by atoms with Crippen LogP contribution in [0.3, 0.4) is 0 Å². The monoisotopic (exact) mass is 364 g/mol. The third-order valence-corrected chi connectivity index (χ3v) is 3.42. The molecule has 0 aromatic heterocycles. The van der Waals surface area contributed by atoms with Crippen molar-refractivity contribution in [2.24, 2.45) is 0 Å². The summed E-state index contributed by atoms with van der Waals surface area (Å²) < 4.78 is 5.73. The molecule has 0 unspecified atom stereocenters. The number of para-hydroxylation sites is 1. The molecule has 0 aliphatic heterocycles. The Labute approximate surface area is 136 Å². The van der Waals surface area contributed by atoms with E-state index in [-0.39, 0.29) is 0 Å². The fraction of sp³-hybridized carbons (Fsp3) is 0.0667. The first-order valence-corrected chi connectivity index (χ1v) is 7.31. The van der Waals surface area contributed by atoms with Gasteiger partial charge in [0.15, 0.2) is 5.11 Å². The number of benzene rings is 2. The Bertz CT molecular complexity index is 659. The Morgan fingerprint density at radius 1 is 1.10 bits per heavy atom. The SMILES string of the molecule is COC(=O)c1ccccc1NC(=S)Nc1ccc(Br)cc1. The van der Waals surface area contributed by atoms with Crippen molar-refractivity contribution in [2.45, 2.75) is 0 Å². The van der Waals surface area contributed by atoms with Crippen molar-refractivity contribution in [1.82, 2.24) is 0 Å². The summed E-state index contributed by atoms with van der Waals surface area (Å²) in [4.78, 5) is 11.7. The van der Waals surface area contributed by atoms with Crippen LogP contribution in [-0.2, 0) is 4.74 Å². The number of rotatable bonds is 3. The van der Waals surface area contributed by atoms with E-state index in [9.17, 15) is 4.79 Å². The fourth-order valence-electron chi connectivity index (χ4n) is 1.70. The Hall–Kier alpha value is -1.92. The van der Waals surface area contributed by atoms with E-state index in [2.05, 4.69) is 26.6 Å². The number of methoxy groups -OCH3 is 1. The lowest BCUT2D eigenvalue weighted by atomic mass is 10.2. The molecule has 0 aliphatic carbocycles. The van der Waals surface area contributed by atoms with Gasteiger partial charge in [-0.3, -0.25) is 0 Å². The Balaban J connectivity index is 2.09. The average Bonchev–Trinajstić information content (AvgIpc) is 2.49. The Kier molecular flexibility index (Phi) is 5.30. The molecule has 21 heavy (non-hydrogen) atoms. The fourth-order valence-corrected chi connectivity index (χ4v) is 2.19. The molecule has 0 atom stereocenters. The number of carbonyl (C=O) groups excluding carboxylic acids is 1. The van der Waals surface area contributed by atoms with Gasteiger partial charge in [0.25, 0.3) is 0 Å². The van der Waals surface area contributed by atoms with Crippen LogP contribution in [0.1, 0.15) is 10.4 Å². The summed E-state index contributed by atoms with van der Waals surface area (Å²) in [6.45, 7) is 0. The van der Waals surface area contributed by atoms with Crippen LogP contribution in [0.15, 0.2) is 53.0 Å². The van der Waals surface area contributed by atoms with Gasteiger partial charge in [0.05, 0.1) is 18.4 Å². The number of anilines is 2. The predicted octanol–water partition coefficient (Wildman–Crippen LogP) is 4.04. The van der Waals surface area contributed by atoms with Gasteiger partial charge in [-0.15, -0.1) is 0 Å². The molecule has 0 spiro atoms. The maximum Gasteiger partial charge on any atom is 0.339 e. The van der Waals surface area contributed by atoms with Crippen molar-refractivity contribution >= 4 is 50.6 Å². The van der Waals surface area contributed by atoms with E-state index in [4.69, 9.17) is 17.0 Å². The van der Waals surface area contributed by atoms with Crippen LogP contribution in [0.2, 0.25) is 0 Å². The molecule has 2 aromatic carbocycles. The molecule has 0 heterocycles. The van der Waals surface area contributed by atoms with E-state index in [1.165, 1.54) is 7.11 Å². The van der Waals surface area contributed by atoms with Crippen LogP contribution in [0.5, 0.6) is 0 Å². The first-order chi connectivity index (χ1) is 10.1. The summed E-state index contributed by atoms with van der Waals surface area (Å²) in [5.41, 5.74) is 1.88. The van der Waals surface area contributed by atoms with Gasteiger partial charge in [0.2, 0.25) is 0 Å². The molecule has 0 radical (unpaired) electrons. The third kappa shape index (κ3) is 4.27. The van der Waals surface area contributed by atoms with Gasteiger partial charge in [0, 0.05) is 10.2 Å². The number of ether oxygens (including phenoxy) is 1. The first-order valence-electron chi connectivity index (χ1n) is 6.11. The Morgan fingerprint density at radius 2 is 1.76 bits per heavy atom. The highest BCUT2D eigenvalue weighted by Gasteiger charge is 2.11. The van der Waals surface area contributed by atoms with Crippen molar-refractivity contribution < 1.29 is 9.53 Å². The van der Waals surface area contributed by atoms with Gasteiger partial charge in [-0.25, -0.2) is 4.79 Å². The van der Waals surface area contributed by atoms with Crippen molar-refractivity contribution in [2.75, 3.05) is 17.7 Å². The van der Waals surface area contributed by atoms with E-state index in [0.717, 1.165) is 10.2 Å². The number of halogens is 1.